The first-order valence-electron chi connectivity index (χ1n) is 7.50. The van der Waals surface area contributed by atoms with Crippen molar-refractivity contribution in [1.29, 1.82) is 0 Å². The summed E-state index contributed by atoms with van der Waals surface area (Å²) in [5.74, 6) is 5.98. The molecule has 0 radical (unpaired) electrons. The molecule has 0 aliphatic carbocycles. The highest BCUT2D eigenvalue weighted by Crippen LogP contribution is 2.28. The van der Waals surface area contributed by atoms with Crippen molar-refractivity contribution in [3.63, 3.8) is 0 Å². The van der Waals surface area contributed by atoms with Crippen molar-refractivity contribution in [2.24, 2.45) is 5.84 Å². The Labute approximate surface area is 127 Å². The zero-order chi connectivity index (χ0) is 14.9. The zero-order valence-electron chi connectivity index (χ0n) is 12.5. The Morgan fingerprint density at radius 3 is 1.90 bits per heavy atom. The minimum atomic E-state index is 0.0429. The van der Waals surface area contributed by atoms with E-state index in [0.717, 1.165) is 13.0 Å². The van der Waals surface area contributed by atoms with Gasteiger partial charge in [0.25, 0.3) is 0 Å². The fourth-order valence-electron chi connectivity index (χ4n) is 2.57. The standard InChI is InChI=1S/C18H24N2O/c1-2-13-21-14-17(20-19)18(15-9-5-3-6-10-15)16-11-7-4-8-12-16/h3-12,17-18,20H,2,13-14,19H2,1H3. The highest BCUT2D eigenvalue weighted by molar-refractivity contribution is 5.34. The van der Waals surface area contributed by atoms with Gasteiger partial charge in [0.15, 0.2) is 0 Å². The molecule has 112 valence electrons. The van der Waals surface area contributed by atoms with Crippen LogP contribution in [0.4, 0.5) is 0 Å². The number of nitrogens with two attached hydrogens (primary N) is 1. The maximum Gasteiger partial charge on any atom is 0.0642 e. The van der Waals surface area contributed by atoms with Crippen LogP contribution in [0.15, 0.2) is 60.7 Å². The van der Waals surface area contributed by atoms with Gasteiger partial charge in [0, 0.05) is 12.5 Å². The van der Waals surface area contributed by atoms with Crippen molar-refractivity contribution >= 4 is 0 Å². The number of nitrogens with one attached hydrogen (secondary N) is 1. The molecule has 0 bridgehead atoms. The van der Waals surface area contributed by atoms with Gasteiger partial charge in [-0.25, -0.2) is 0 Å². The molecule has 0 amide bonds. The molecule has 0 aliphatic rings. The first-order valence-corrected chi connectivity index (χ1v) is 7.50. The molecule has 0 heterocycles. The Balaban J connectivity index is 2.27. The van der Waals surface area contributed by atoms with Gasteiger partial charge in [0.2, 0.25) is 0 Å². The maximum absolute atomic E-state index is 5.80. The molecule has 3 nitrogen and oxygen atoms in total. The van der Waals surface area contributed by atoms with Crippen LogP contribution in [0.25, 0.3) is 0 Å². The lowest BCUT2D eigenvalue weighted by Gasteiger charge is -2.27. The molecule has 0 aromatic heterocycles. The molecule has 1 unspecified atom stereocenters. The summed E-state index contributed by atoms with van der Waals surface area (Å²) in [6.45, 7) is 3.46. The number of hydrogen-bond donors (Lipinski definition) is 2. The lowest BCUT2D eigenvalue weighted by Crippen LogP contribution is -2.43. The molecule has 2 rings (SSSR count). The maximum atomic E-state index is 5.80. The van der Waals surface area contributed by atoms with E-state index in [1.165, 1.54) is 11.1 Å². The fourth-order valence-corrected chi connectivity index (χ4v) is 2.57. The van der Waals surface area contributed by atoms with Crippen LogP contribution in [0.5, 0.6) is 0 Å². The second kappa shape index (κ2) is 8.57. The summed E-state index contributed by atoms with van der Waals surface area (Å²) in [5, 5.41) is 0. The van der Waals surface area contributed by atoms with Crippen LogP contribution < -0.4 is 11.3 Å². The molecule has 0 aliphatic heterocycles. The normalized spacial score (nSPS) is 12.5. The van der Waals surface area contributed by atoms with Crippen LogP contribution in [0.3, 0.4) is 0 Å². The third-order valence-electron chi connectivity index (χ3n) is 3.58. The summed E-state index contributed by atoms with van der Waals surface area (Å²) in [6.07, 6.45) is 1.01. The van der Waals surface area contributed by atoms with E-state index >= 15 is 0 Å². The highest BCUT2D eigenvalue weighted by atomic mass is 16.5. The van der Waals surface area contributed by atoms with E-state index in [-0.39, 0.29) is 12.0 Å². The van der Waals surface area contributed by atoms with Gasteiger partial charge in [-0.15, -0.1) is 0 Å². The Bertz CT molecular complexity index is 462. The van der Waals surface area contributed by atoms with E-state index in [2.05, 4.69) is 60.9 Å². The lowest BCUT2D eigenvalue weighted by atomic mass is 9.85. The lowest BCUT2D eigenvalue weighted by molar-refractivity contribution is 0.107. The fraction of sp³-hybridized carbons (Fsp3) is 0.333. The number of hydrogen-bond acceptors (Lipinski definition) is 3. The van der Waals surface area contributed by atoms with Gasteiger partial charge < -0.3 is 4.74 Å². The van der Waals surface area contributed by atoms with Crippen LogP contribution in [0.1, 0.15) is 30.4 Å². The van der Waals surface area contributed by atoms with E-state index in [4.69, 9.17) is 10.6 Å². The molecule has 0 saturated carbocycles. The molecule has 0 spiro atoms. The second-order valence-electron chi connectivity index (χ2n) is 5.15. The average molecular weight is 284 g/mol. The average Bonchev–Trinajstić information content (AvgIpc) is 2.56. The number of hydrazine groups is 1. The zero-order valence-corrected chi connectivity index (χ0v) is 12.5. The summed E-state index contributed by atoms with van der Waals surface area (Å²) in [4.78, 5) is 0. The van der Waals surface area contributed by atoms with Crippen LogP contribution >= 0.6 is 0 Å². The predicted molar refractivity (Wildman–Crippen MR) is 86.9 cm³/mol. The smallest absolute Gasteiger partial charge is 0.0642 e. The van der Waals surface area contributed by atoms with Gasteiger partial charge in [-0.1, -0.05) is 67.6 Å². The van der Waals surface area contributed by atoms with E-state index in [9.17, 15) is 0 Å². The number of rotatable bonds is 8. The Morgan fingerprint density at radius 1 is 0.952 bits per heavy atom. The minimum Gasteiger partial charge on any atom is -0.380 e. The summed E-state index contributed by atoms with van der Waals surface area (Å²) in [7, 11) is 0. The van der Waals surface area contributed by atoms with E-state index < -0.39 is 0 Å². The van der Waals surface area contributed by atoms with Gasteiger partial charge in [-0.05, 0) is 17.5 Å². The summed E-state index contributed by atoms with van der Waals surface area (Å²) in [5.41, 5.74) is 5.42. The van der Waals surface area contributed by atoms with Crippen LogP contribution in [0.2, 0.25) is 0 Å². The molecule has 2 aromatic rings. The van der Waals surface area contributed by atoms with Crippen molar-refractivity contribution in [1.82, 2.24) is 5.43 Å². The largest absolute Gasteiger partial charge is 0.380 e. The van der Waals surface area contributed by atoms with Gasteiger partial charge >= 0.3 is 0 Å². The van der Waals surface area contributed by atoms with Crippen molar-refractivity contribution < 1.29 is 4.74 Å². The van der Waals surface area contributed by atoms with Crippen LogP contribution in [-0.4, -0.2) is 19.3 Å². The Morgan fingerprint density at radius 2 is 1.48 bits per heavy atom. The molecule has 1 atom stereocenters. The van der Waals surface area contributed by atoms with Crippen LogP contribution in [-0.2, 0) is 4.74 Å². The first kappa shape index (κ1) is 15.7. The van der Waals surface area contributed by atoms with E-state index in [1.807, 2.05) is 12.1 Å². The number of ether oxygens (including phenoxy) is 1. The molecule has 0 saturated heterocycles. The van der Waals surface area contributed by atoms with E-state index in [1.54, 1.807) is 0 Å². The topological polar surface area (TPSA) is 47.3 Å². The third kappa shape index (κ3) is 4.39. The summed E-state index contributed by atoms with van der Waals surface area (Å²) < 4.78 is 5.72. The van der Waals surface area contributed by atoms with Crippen molar-refractivity contribution in [3.8, 4) is 0 Å². The highest BCUT2D eigenvalue weighted by Gasteiger charge is 2.24. The minimum absolute atomic E-state index is 0.0429. The SMILES string of the molecule is CCCOCC(NN)C(c1ccccc1)c1ccccc1. The van der Waals surface area contributed by atoms with Gasteiger partial charge in [0.1, 0.15) is 0 Å². The van der Waals surface area contributed by atoms with Crippen molar-refractivity contribution in [3.05, 3.63) is 71.8 Å². The van der Waals surface area contributed by atoms with Gasteiger partial charge in [-0.3, -0.25) is 11.3 Å². The van der Waals surface area contributed by atoms with E-state index in [0.29, 0.717) is 6.61 Å². The first-order chi connectivity index (χ1) is 10.4. The third-order valence-corrected chi connectivity index (χ3v) is 3.58. The van der Waals surface area contributed by atoms with Crippen molar-refractivity contribution in [2.45, 2.75) is 25.3 Å². The van der Waals surface area contributed by atoms with Gasteiger partial charge in [-0.2, -0.15) is 0 Å². The Hall–Kier alpha value is -1.68. The molecular weight excluding hydrogens is 260 g/mol. The van der Waals surface area contributed by atoms with Crippen molar-refractivity contribution in [2.75, 3.05) is 13.2 Å². The second-order valence-corrected chi connectivity index (χ2v) is 5.15. The van der Waals surface area contributed by atoms with Crippen LogP contribution in [0, 0.1) is 0 Å². The van der Waals surface area contributed by atoms with Gasteiger partial charge in [0.05, 0.1) is 12.6 Å². The molecule has 3 heteroatoms. The molecule has 3 N–H and O–H groups in total. The summed E-state index contributed by atoms with van der Waals surface area (Å²) in [6, 6.07) is 20.9. The monoisotopic (exact) mass is 284 g/mol. The molecule has 21 heavy (non-hydrogen) atoms. The summed E-state index contributed by atoms with van der Waals surface area (Å²) >= 11 is 0. The predicted octanol–water partition coefficient (Wildman–Crippen LogP) is 3.08. The molecule has 2 aromatic carbocycles. The molecular formula is C18H24N2O. The Kier molecular flexibility index (Phi) is 6.41. The molecule has 0 fully saturated rings. The number of benzene rings is 2. The quantitative estimate of drug-likeness (QED) is 0.445.